The monoisotopic (exact) mass is 421 g/mol. The molecule has 0 unspecified atom stereocenters. The quantitative estimate of drug-likeness (QED) is 0.731. The molecule has 3 rings (SSSR count). The van der Waals surface area contributed by atoms with E-state index in [4.69, 9.17) is 33.7 Å². The van der Waals surface area contributed by atoms with E-state index in [9.17, 15) is 9.59 Å². The fourth-order valence-electron chi connectivity index (χ4n) is 3.64. The number of rotatable bonds is 4. The van der Waals surface area contributed by atoms with Crippen LogP contribution in [0.1, 0.15) is 30.5 Å². The summed E-state index contributed by atoms with van der Waals surface area (Å²) < 4.78 is 4.91. The summed E-state index contributed by atoms with van der Waals surface area (Å²) in [5.74, 6) is -0.615. The number of benzene rings is 2. The first-order valence-corrected chi connectivity index (χ1v) is 9.54. The maximum Gasteiger partial charge on any atom is 0.328 e. The van der Waals surface area contributed by atoms with Crippen LogP contribution in [0.3, 0.4) is 0 Å². The topological polar surface area (TPSA) is 84.7 Å². The first-order chi connectivity index (χ1) is 13.4. The Bertz CT molecular complexity index is 920. The molecule has 0 aliphatic carbocycles. The van der Waals surface area contributed by atoms with E-state index in [1.165, 1.54) is 14.0 Å². The van der Waals surface area contributed by atoms with Gasteiger partial charge in [0, 0.05) is 46.9 Å². The number of nitrogens with one attached hydrogen (secondary N) is 1. The molecule has 0 bridgehead atoms. The van der Waals surface area contributed by atoms with Crippen molar-refractivity contribution in [2.75, 3.05) is 17.3 Å². The molecule has 0 saturated carbocycles. The third-order valence-electron chi connectivity index (χ3n) is 4.82. The Balaban J connectivity index is 2.19. The van der Waals surface area contributed by atoms with Crippen LogP contribution in [0.25, 0.3) is 0 Å². The standard InChI is InChI=1S/C20H21Cl2N3O3/c1-11(26)25(17-6-4-3-5-12(17)10-23)18-9-16(20(27)28-2)24-15-8-13(21)7-14(22)19(15)18/h3-8,16,18,24H,9-10,23H2,1-2H3/t16-,18+/m0/s1. The summed E-state index contributed by atoms with van der Waals surface area (Å²) in [4.78, 5) is 26.6. The highest BCUT2D eigenvalue weighted by molar-refractivity contribution is 6.35. The Morgan fingerprint density at radius 1 is 1.29 bits per heavy atom. The van der Waals surface area contributed by atoms with Crippen LogP contribution in [-0.4, -0.2) is 25.0 Å². The molecule has 1 aliphatic heterocycles. The molecule has 0 aromatic heterocycles. The first kappa shape index (κ1) is 20.5. The molecule has 8 heteroatoms. The molecular formula is C20H21Cl2N3O3. The maximum absolute atomic E-state index is 12.7. The second kappa shape index (κ2) is 8.39. The molecule has 2 atom stereocenters. The fourth-order valence-corrected chi connectivity index (χ4v) is 4.26. The zero-order valence-electron chi connectivity index (χ0n) is 15.5. The smallest absolute Gasteiger partial charge is 0.328 e. The number of hydrogen-bond donors (Lipinski definition) is 2. The molecule has 1 heterocycles. The summed E-state index contributed by atoms with van der Waals surface area (Å²) >= 11 is 12.7. The van der Waals surface area contributed by atoms with Crippen LogP contribution in [-0.2, 0) is 20.9 Å². The number of carbonyl (C=O) groups is 2. The van der Waals surface area contributed by atoms with Crippen molar-refractivity contribution in [2.24, 2.45) is 5.73 Å². The molecule has 6 nitrogen and oxygen atoms in total. The van der Waals surface area contributed by atoms with Crippen LogP contribution < -0.4 is 16.0 Å². The Hall–Kier alpha value is -2.28. The summed E-state index contributed by atoms with van der Waals surface area (Å²) in [6, 6.07) is 9.59. The van der Waals surface area contributed by atoms with E-state index in [-0.39, 0.29) is 12.5 Å². The van der Waals surface area contributed by atoms with E-state index in [0.717, 1.165) is 5.56 Å². The van der Waals surface area contributed by atoms with Gasteiger partial charge in [0.25, 0.3) is 0 Å². The Morgan fingerprint density at radius 3 is 2.64 bits per heavy atom. The number of halogens is 2. The number of methoxy groups -OCH3 is 1. The van der Waals surface area contributed by atoms with Gasteiger partial charge in [0.2, 0.25) is 5.91 Å². The second-order valence-corrected chi connectivity index (χ2v) is 7.39. The molecule has 1 aliphatic rings. The number of anilines is 2. The van der Waals surface area contributed by atoms with Gasteiger partial charge in [-0.05, 0) is 23.8 Å². The first-order valence-electron chi connectivity index (χ1n) is 8.78. The molecule has 3 N–H and O–H groups in total. The number of nitrogens with two attached hydrogens (primary N) is 1. The van der Waals surface area contributed by atoms with Crippen LogP contribution in [0.5, 0.6) is 0 Å². The molecule has 28 heavy (non-hydrogen) atoms. The van der Waals surface area contributed by atoms with Crippen LogP contribution in [0.2, 0.25) is 10.0 Å². The van der Waals surface area contributed by atoms with Crippen molar-refractivity contribution in [1.82, 2.24) is 0 Å². The highest BCUT2D eigenvalue weighted by atomic mass is 35.5. The number of amides is 1. The average molecular weight is 422 g/mol. The zero-order chi connectivity index (χ0) is 20.4. The van der Waals surface area contributed by atoms with Crippen molar-refractivity contribution in [3.05, 3.63) is 57.6 Å². The summed E-state index contributed by atoms with van der Waals surface area (Å²) in [6.45, 7) is 1.75. The van der Waals surface area contributed by atoms with Gasteiger partial charge in [-0.25, -0.2) is 4.79 Å². The molecule has 0 fully saturated rings. The minimum atomic E-state index is -0.649. The number of ether oxygens (including phenoxy) is 1. The molecular weight excluding hydrogens is 401 g/mol. The zero-order valence-corrected chi connectivity index (χ0v) is 17.1. The molecule has 2 aromatic carbocycles. The highest BCUT2D eigenvalue weighted by Crippen LogP contribution is 2.44. The van der Waals surface area contributed by atoms with Crippen molar-refractivity contribution < 1.29 is 14.3 Å². The lowest BCUT2D eigenvalue weighted by atomic mass is 9.90. The van der Waals surface area contributed by atoms with Crippen LogP contribution in [0.4, 0.5) is 11.4 Å². The van der Waals surface area contributed by atoms with Crippen molar-refractivity contribution in [2.45, 2.75) is 32.0 Å². The molecule has 0 radical (unpaired) electrons. The normalized spacial score (nSPS) is 18.0. The highest BCUT2D eigenvalue weighted by Gasteiger charge is 2.38. The number of esters is 1. The van der Waals surface area contributed by atoms with Gasteiger partial charge in [-0.1, -0.05) is 41.4 Å². The van der Waals surface area contributed by atoms with Crippen LogP contribution in [0, 0.1) is 0 Å². The summed E-state index contributed by atoms with van der Waals surface area (Å²) in [5, 5.41) is 3.97. The number of nitrogens with zero attached hydrogens (tertiary/aromatic N) is 1. The lowest BCUT2D eigenvalue weighted by Gasteiger charge is -2.39. The van der Waals surface area contributed by atoms with E-state index in [1.807, 2.05) is 24.3 Å². The minimum absolute atomic E-state index is 0.187. The Morgan fingerprint density at radius 2 is 2.00 bits per heavy atom. The van der Waals surface area contributed by atoms with Crippen molar-refractivity contribution >= 4 is 46.5 Å². The maximum atomic E-state index is 12.7. The molecule has 1 amide bonds. The molecule has 0 spiro atoms. The van der Waals surface area contributed by atoms with Crippen molar-refractivity contribution in [3.63, 3.8) is 0 Å². The Labute approximate surface area is 173 Å². The lowest BCUT2D eigenvalue weighted by molar-refractivity contribution is -0.142. The number of carbonyl (C=O) groups excluding carboxylic acids is 2. The van der Waals surface area contributed by atoms with Gasteiger partial charge in [0.1, 0.15) is 6.04 Å². The van der Waals surface area contributed by atoms with E-state index in [2.05, 4.69) is 5.32 Å². The average Bonchev–Trinajstić information content (AvgIpc) is 2.66. The second-order valence-electron chi connectivity index (χ2n) is 6.54. The fraction of sp³-hybridized carbons (Fsp3) is 0.300. The molecule has 148 valence electrons. The molecule has 2 aromatic rings. The minimum Gasteiger partial charge on any atom is -0.467 e. The predicted octanol–water partition coefficient (Wildman–Crippen LogP) is 3.90. The Kier molecular flexibility index (Phi) is 6.13. The third kappa shape index (κ3) is 3.81. The van der Waals surface area contributed by atoms with Gasteiger partial charge in [-0.15, -0.1) is 0 Å². The van der Waals surface area contributed by atoms with Gasteiger partial charge < -0.3 is 20.7 Å². The summed E-state index contributed by atoms with van der Waals surface area (Å²) in [5.41, 5.74) is 8.69. The SMILES string of the molecule is COC(=O)[C@@H]1C[C@@H](N(C(C)=O)c2ccccc2CN)c2c(Cl)cc(Cl)cc2N1. The van der Waals surface area contributed by atoms with E-state index in [0.29, 0.717) is 33.4 Å². The van der Waals surface area contributed by atoms with Gasteiger partial charge >= 0.3 is 5.97 Å². The number of hydrogen-bond acceptors (Lipinski definition) is 5. The van der Waals surface area contributed by atoms with Gasteiger partial charge in [0.05, 0.1) is 13.2 Å². The van der Waals surface area contributed by atoms with E-state index >= 15 is 0 Å². The summed E-state index contributed by atoms with van der Waals surface area (Å²) in [6.07, 6.45) is 0.291. The van der Waals surface area contributed by atoms with Crippen molar-refractivity contribution in [1.29, 1.82) is 0 Å². The van der Waals surface area contributed by atoms with E-state index < -0.39 is 18.1 Å². The number of fused-ring (bicyclic) bond motifs is 1. The van der Waals surface area contributed by atoms with Gasteiger partial charge in [-0.2, -0.15) is 0 Å². The summed E-state index contributed by atoms with van der Waals surface area (Å²) in [7, 11) is 1.33. The van der Waals surface area contributed by atoms with Gasteiger partial charge in [-0.3, -0.25) is 4.79 Å². The van der Waals surface area contributed by atoms with E-state index in [1.54, 1.807) is 17.0 Å². The van der Waals surface area contributed by atoms with Crippen LogP contribution >= 0.6 is 23.2 Å². The van der Waals surface area contributed by atoms with Crippen molar-refractivity contribution in [3.8, 4) is 0 Å². The predicted molar refractivity (Wildman–Crippen MR) is 111 cm³/mol. The largest absolute Gasteiger partial charge is 0.467 e. The van der Waals surface area contributed by atoms with Crippen LogP contribution in [0.15, 0.2) is 36.4 Å². The lowest BCUT2D eigenvalue weighted by Crippen LogP contribution is -2.44. The number of para-hydroxylation sites is 1. The third-order valence-corrected chi connectivity index (χ3v) is 5.35. The van der Waals surface area contributed by atoms with Gasteiger partial charge in [0.15, 0.2) is 0 Å². The molecule has 0 saturated heterocycles.